The Balaban J connectivity index is 3.14. The summed E-state index contributed by atoms with van der Waals surface area (Å²) in [4.78, 5) is 10.9. The number of carbonyl (C=O) groups is 1. The topological polar surface area (TPSA) is 66.8 Å². The van der Waals surface area contributed by atoms with E-state index in [2.05, 4.69) is 4.74 Å². The number of halogens is 2. The molecule has 2 N–H and O–H groups in total. The van der Waals surface area contributed by atoms with Gasteiger partial charge in [0.2, 0.25) is 0 Å². The monoisotopic (exact) mass is 234 g/mol. The molecular formula is C9H8ClFO4. The van der Waals surface area contributed by atoms with Crippen LogP contribution in [0.1, 0.15) is 11.7 Å². The Bertz CT molecular complexity index is 394. The summed E-state index contributed by atoms with van der Waals surface area (Å²) in [5, 5.41) is 18.2. The van der Waals surface area contributed by atoms with E-state index in [0.717, 1.165) is 13.2 Å². The predicted octanol–water partition coefficient (Wildman–Crippen LogP) is 1.39. The molecule has 0 heterocycles. The number of carbonyl (C=O) groups excluding carboxylic acids is 1. The number of aromatic hydroxyl groups is 1. The number of ether oxygens (including phenoxy) is 1. The summed E-state index contributed by atoms with van der Waals surface area (Å²) in [6.45, 7) is 0. The molecular weight excluding hydrogens is 227 g/mol. The highest BCUT2D eigenvalue weighted by Crippen LogP contribution is 2.29. The normalized spacial score (nSPS) is 12.3. The van der Waals surface area contributed by atoms with Gasteiger partial charge in [0.05, 0.1) is 12.1 Å². The highest BCUT2D eigenvalue weighted by Gasteiger charge is 2.22. The molecule has 0 spiro atoms. The number of esters is 1. The zero-order chi connectivity index (χ0) is 11.6. The summed E-state index contributed by atoms with van der Waals surface area (Å²) in [5.41, 5.74) is -0.343. The predicted molar refractivity (Wildman–Crippen MR) is 50.1 cm³/mol. The molecule has 6 heteroatoms. The van der Waals surface area contributed by atoms with Gasteiger partial charge in [-0.3, -0.25) is 0 Å². The summed E-state index contributed by atoms with van der Waals surface area (Å²) in [7, 11) is 1.06. The number of rotatable bonds is 2. The van der Waals surface area contributed by atoms with E-state index in [9.17, 15) is 14.3 Å². The minimum Gasteiger partial charge on any atom is -0.506 e. The van der Waals surface area contributed by atoms with Gasteiger partial charge in [-0.05, 0) is 6.07 Å². The van der Waals surface area contributed by atoms with Crippen LogP contribution in [0.2, 0.25) is 5.02 Å². The number of aliphatic hydroxyl groups excluding tert-OH is 1. The average Bonchev–Trinajstić information content (AvgIpc) is 2.21. The van der Waals surface area contributed by atoms with Crippen molar-refractivity contribution in [2.24, 2.45) is 0 Å². The average molecular weight is 235 g/mol. The van der Waals surface area contributed by atoms with Crippen molar-refractivity contribution in [1.29, 1.82) is 0 Å². The van der Waals surface area contributed by atoms with Crippen molar-refractivity contribution in [2.75, 3.05) is 7.11 Å². The van der Waals surface area contributed by atoms with Gasteiger partial charge in [-0.15, -0.1) is 0 Å². The maximum absolute atomic E-state index is 13.2. The van der Waals surface area contributed by atoms with Gasteiger partial charge >= 0.3 is 5.97 Å². The first-order chi connectivity index (χ1) is 6.97. The van der Waals surface area contributed by atoms with Crippen LogP contribution in [0.25, 0.3) is 0 Å². The molecule has 0 aliphatic carbocycles. The Morgan fingerprint density at radius 2 is 2.20 bits per heavy atom. The van der Waals surface area contributed by atoms with Gasteiger partial charge < -0.3 is 14.9 Å². The lowest BCUT2D eigenvalue weighted by Crippen LogP contribution is -2.14. The molecule has 0 amide bonds. The minimum atomic E-state index is -1.76. The van der Waals surface area contributed by atoms with Crippen molar-refractivity contribution in [3.63, 3.8) is 0 Å². The van der Waals surface area contributed by atoms with Crippen molar-refractivity contribution >= 4 is 17.6 Å². The van der Waals surface area contributed by atoms with Crippen LogP contribution in [0, 0.1) is 5.82 Å². The summed E-state index contributed by atoms with van der Waals surface area (Å²) in [6, 6.07) is 1.68. The SMILES string of the molecule is COC(=O)C(O)c1cc(Cl)c(O)cc1F. The molecule has 0 bridgehead atoms. The van der Waals surface area contributed by atoms with E-state index in [0.29, 0.717) is 6.07 Å². The van der Waals surface area contributed by atoms with Crippen LogP contribution >= 0.6 is 11.6 Å². The third kappa shape index (κ3) is 2.37. The van der Waals surface area contributed by atoms with Gasteiger partial charge in [0, 0.05) is 11.6 Å². The molecule has 82 valence electrons. The molecule has 0 aliphatic heterocycles. The molecule has 15 heavy (non-hydrogen) atoms. The minimum absolute atomic E-state index is 0.158. The second-order valence-corrected chi connectivity index (χ2v) is 3.16. The van der Waals surface area contributed by atoms with Crippen LogP contribution in [-0.2, 0) is 9.53 Å². The Hall–Kier alpha value is -1.33. The molecule has 0 saturated heterocycles. The van der Waals surface area contributed by atoms with Crippen molar-refractivity contribution in [3.05, 3.63) is 28.5 Å². The van der Waals surface area contributed by atoms with Crippen LogP contribution in [0.5, 0.6) is 5.75 Å². The standard InChI is InChI=1S/C9H8ClFO4/c1-15-9(14)8(13)4-2-5(10)7(12)3-6(4)11/h2-3,8,12-13H,1H3. The van der Waals surface area contributed by atoms with E-state index >= 15 is 0 Å². The summed E-state index contributed by atoms with van der Waals surface area (Å²) in [6.07, 6.45) is -1.76. The first-order valence-corrected chi connectivity index (χ1v) is 4.29. The number of benzene rings is 1. The van der Waals surface area contributed by atoms with Gasteiger partial charge in [-0.1, -0.05) is 11.6 Å². The molecule has 4 nitrogen and oxygen atoms in total. The van der Waals surface area contributed by atoms with Gasteiger partial charge in [0.1, 0.15) is 11.6 Å². The number of hydrogen-bond donors (Lipinski definition) is 2. The molecule has 0 saturated carbocycles. The molecule has 0 aromatic heterocycles. The zero-order valence-corrected chi connectivity index (χ0v) is 8.45. The van der Waals surface area contributed by atoms with Crippen molar-refractivity contribution in [1.82, 2.24) is 0 Å². The summed E-state index contributed by atoms with van der Waals surface area (Å²) in [5.74, 6) is -2.40. The van der Waals surface area contributed by atoms with Crippen LogP contribution in [0.15, 0.2) is 12.1 Å². The number of phenols is 1. The van der Waals surface area contributed by atoms with Crippen LogP contribution in [0.3, 0.4) is 0 Å². The third-order valence-corrected chi connectivity index (χ3v) is 2.09. The Morgan fingerprint density at radius 1 is 1.60 bits per heavy atom. The number of hydrogen-bond acceptors (Lipinski definition) is 4. The quantitative estimate of drug-likeness (QED) is 0.759. The molecule has 1 rings (SSSR count). The van der Waals surface area contributed by atoms with Gasteiger partial charge in [0.25, 0.3) is 0 Å². The molecule has 1 aromatic rings. The van der Waals surface area contributed by atoms with E-state index in [1.807, 2.05) is 0 Å². The largest absolute Gasteiger partial charge is 0.506 e. The third-order valence-electron chi connectivity index (χ3n) is 1.79. The van der Waals surface area contributed by atoms with E-state index in [4.69, 9.17) is 16.7 Å². The molecule has 0 fully saturated rings. The first-order valence-electron chi connectivity index (χ1n) is 3.91. The van der Waals surface area contributed by atoms with Crippen LogP contribution in [-0.4, -0.2) is 23.3 Å². The highest BCUT2D eigenvalue weighted by atomic mass is 35.5. The lowest BCUT2D eigenvalue weighted by Gasteiger charge is -2.10. The van der Waals surface area contributed by atoms with E-state index in [-0.39, 0.29) is 10.6 Å². The second-order valence-electron chi connectivity index (χ2n) is 2.75. The summed E-state index contributed by atoms with van der Waals surface area (Å²) < 4.78 is 17.4. The fourth-order valence-electron chi connectivity index (χ4n) is 1.000. The molecule has 1 unspecified atom stereocenters. The zero-order valence-electron chi connectivity index (χ0n) is 7.70. The van der Waals surface area contributed by atoms with Gasteiger partial charge in [-0.25, -0.2) is 9.18 Å². The van der Waals surface area contributed by atoms with Crippen molar-refractivity contribution in [3.8, 4) is 5.75 Å². The molecule has 0 radical (unpaired) electrons. The van der Waals surface area contributed by atoms with Gasteiger partial charge in [-0.2, -0.15) is 0 Å². The molecule has 0 aliphatic rings. The van der Waals surface area contributed by atoms with Crippen molar-refractivity contribution in [2.45, 2.75) is 6.10 Å². The summed E-state index contributed by atoms with van der Waals surface area (Å²) >= 11 is 5.50. The highest BCUT2D eigenvalue weighted by molar-refractivity contribution is 6.32. The number of methoxy groups -OCH3 is 1. The van der Waals surface area contributed by atoms with E-state index in [1.165, 1.54) is 0 Å². The molecule has 1 atom stereocenters. The van der Waals surface area contributed by atoms with E-state index < -0.39 is 23.6 Å². The fraction of sp³-hybridized carbons (Fsp3) is 0.222. The molecule has 1 aromatic carbocycles. The lowest BCUT2D eigenvalue weighted by molar-refractivity contribution is -0.150. The van der Waals surface area contributed by atoms with Crippen LogP contribution < -0.4 is 0 Å². The maximum Gasteiger partial charge on any atom is 0.339 e. The Labute approximate surface area is 89.9 Å². The van der Waals surface area contributed by atoms with Gasteiger partial charge in [0.15, 0.2) is 6.10 Å². The lowest BCUT2D eigenvalue weighted by atomic mass is 10.1. The fourth-order valence-corrected chi connectivity index (χ4v) is 1.17. The number of aliphatic hydroxyl groups is 1. The Morgan fingerprint density at radius 3 is 2.73 bits per heavy atom. The van der Waals surface area contributed by atoms with Crippen molar-refractivity contribution < 1.29 is 24.1 Å². The Kier molecular flexibility index (Phi) is 3.49. The number of phenolic OH excluding ortho intramolecular Hbond substituents is 1. The smallest absolute Gasteiger partial charge is 0.339 e. The second kappa shape index (κ2) is 4.46. The maximum atomic E-state index is 13.2. The first kappa shape index (κ1) is 11.7. The van der Waals surface area contributed by atoms with Crippen LogP contribution in [0.4, 0.5) is 4.39 Å². The van der Waals surface area contributed by atoms with E-state index in [1.54, 1.807) is 0 Å².